The van der Waals surface area contributed by atoms with Crippen molar-refractivity contribution in [3.05, 3.63) is 35.5 Å². The van der Waals surface area contributed by atoms with Crippen LogP contribution in [0.2, 0.25) is 0 Å². The molecule has 0 saturated heterocycles. The van der Waals surface area contributed by atoms with Crippen molar-refractivity contribution in [3.63, 3.8) is 0 Å². The van der Waals surface area contributed by atoms with E-state index in [0.717, 1.165) is 55.4 Å². The first-order valence-electron chi connectivity index (χ1n) is 12.3. The third-order valence-electron chi connectivity index (χ3n) is 8.61. The highest BCUT2D eigenvalue weighted by molar-refractivity contribution is 5.28. The lowest BCUT2D eigenvalue weighted by Gasteiger charge is -2.46. The number of aliphatic hydroxyl groups excluding tert-OH is 2. The molecule has 0 heterocycles. The van der Waals surface area contributed by atoms with Gasteiger partial charge >= 0.3 is 0 Å². The van der Waals surface area contributed by atoms with Crippen LogP contribution in [0.4, 0.5) is 0 Å². The summed E-state index contributed by atoms with van der Waals surface area (Å²) in [5.74, 6) is 2.35. The Balaban J connectivity index is 1.71. The SMILES string of the molecule is C=C1CC/C(=C/C=C2\CCCC3(CC)C2CCC3[C@@H](C)CCC[C@H](C)O)CC1O. The summed E-state index contributed by atoms with van der Waals surface area (Å²) in [7, 11) is 0. The third-order valence-corrected chi connectivity index (χ3v) is 8.61. The van der Waals surface area contributed by atoms with Crippen LogP contribution in [0.3, 0.4) is 0 Å². The highest BCUT2D eigenvalue weighted by Gasteiger charge is 2.52. The molecule has 0 amide bonds. The Bertz CT molecular complexity index is 628. The minimum atomic E-state index is -0.340. The minimum Gasteiger partial charge on any atom is -0.393 e. The molecule has 3 aliphatic carbocycles. The van der Waals surface area contributed by atoms with Crippen molar-refractivity contribution < 1.29 is 10.2 Å². The third kappa shape index (κ3) is 5.07. The van der Waals surface area contributed by atoms with Gasteiger partial charge in [-0.2, -0.15) is 0 Å². The van der Waals surface area contributed by atoms with E-state index in [1.165, 1.54) is 50.5 Å². The molecule has 0 aliphatic heterocycles. The first kappa shape index (κ1) is 22.8. The lowest BCUT2D eigenvalue weighted by atomic mass is 9.58. The largest absolute Gasteiger partial charge is 0.393 e. The fourth-order valence-corrected chi connectivity index (χ4v) is 6.92. The van der Waals surface area contributed by atoms with Gasteiger partial charge in [-0.1, -0.05) is 56.6 Å². The van der Waals surface area contributed by atoms with Gasteiger partial charge in [0.1, 0.15) is 0 Å². The molecule has 0 radical (unpaired) electrons. The quantitative estimate of drug-likeness (QED) is 0.465. The van der Waals surface area contributed by atoms with E-state index in [1.807, 2.05) is 6.92 Å². The van der Waals surface area contributed by atoms with Crippen LogP contribution >= 0.6 is 0 Å². The highest BCUT2D eigenvalue weighted by Crippen LogP contribution is 2.61. The van der Waals surface area contributed by atoms with Crippen LogP contribution in [0.1, 0.15) is 97.8 Å². The van der Waals surface area contributed by atoms with Crippen LogP contribution in [0.15, 0.2) is 35.5 Å². The standard InChI is InChI=1S/C27H44O2/c1-5-27-17-7-10-23(14-13-22-12-11-20(3)26(29)18-22)25(27)16-15-24(27)19(2)8-6-9-21(4)28/h13-14,19,21,24-26,28-29H,3,5-12,15-18H2,1-2,4H3/b22-13-,23-14+/t19-,21-,24?,25?,26?,27?/m0/s1. The van der Waals surface area contributed by atoms with Crippen molar-refractivity contribution in [1.29, 1.82) is 0 Å². The van der Waals surface area contributed by atoms with Crippen LogP contribution in [0, 0.1) is 23.2 Å². The Labute approximate surface area is 179 Å². The summed E-state index contributed by atoms with van der Waals surface area (Å²) in [4.78, 5) is 0. The number of hydrogen-bond acceptors (Lipinski definition) is 2. The molecule has 6 atom stereocenters. The zero-order valence-electron chi connectivity index (χ0n) is 19.1. The van der Waals surface area contributed by atoms with Crippen molar-refractivity contribution in [1.82, 2.24) is 0 Å². The average Bonchev–Trinajstić information content (AvgIpc) is 3.09. The maximum Gasteiger partial charge on any atom is 0.0784 e. The molecule has 164 valence electrons. The maximum absolute atomic E-state index is 10.1. The Hall–Kier alpha value is -0.860. The minimum absolute atomic E-state index is 0.161. The molecule has 0 spiro atoms. The molecule has 4 unspecified atom stereocenters. The van der Waals surface area contributed by atoms with Gasteiger partial charge in [0, 0.05) is 0 Å². The summed E-state index contributed by atoms with van der Waals surface area (Å²) in [5.41, 5.74) is 4.57. The lowest BCUT2D eigenvalue weighted by Crippen LogP contribution is -2.38. The van der Waals surface area contributed by atoms with Crippen LogP contribution < -0.4 is 0 Å². The number of hydrogen-bond donors (Lipinski definition) is 2. The van der Waals surface area contributed by atoms with E-state index in [-0.39, 0.29) is 12.2 Å². The molecule has 29 heavy (non-hydrogen) atoms. The van der Waals surface area contributed by atoms with E-state index < -0.39 is 0 Å². The predicted octanol–water partition coefficient (Wildman–Crippen LogP) is 6.73. The summed E-state index contributed by atoms with van der Waals surface area (Å²) in [6, 6.07) is 0. The van der Waals surface area contributed by atoms with E-state index >= 15 is 0 Å². The normalized spacial score (nSPS) is 37.7. The Morgan fingerprint density at radius 1 is 1.14 bits per heavy atom. The summed E-state index contributed by atoms with van der Waals surface area (Å²) in [5, 5.41) is 19.8. The fraction of sp³-hybridized carbons (Fsp3) is 0.778. The van der Waals surface area contributed by atoms with Gasteiger partial charge in [-0.3, -0.25) is 0 Å². The molecule has 3 saturated carbocycles. The van der Waals surface area contributed by atoms with Crippen LogP contribution in [0.5, 0.6) is 0 Å². The van der Waals surface area contributed by atoms with E-state index in [9.17, 15) is 10.2 Å². The number of aliphatic hydroxyl groups is 2. The van der Waals surface area contributed by atoms with E-state index in [2.05, 4.69) is 32.6 Å². The zero-order valence-corrected chi connectivity index (χ0v) is 19.1. The summed E-state index contributed by atoms with van der Waals surface area (Å²) in [6.45, 7) is 10.8. The number of fused-ring (bicyclic) bond motifs is 1. The van der Waals surface area contributed by atoms with Crippen LogP contribution in [-0.2, 0) is 0 Å². The Kier molecular flexibility index (Phi) is 7.84. The van der Waals surface area contributed by atoms with Gasteiger partial charge in [-0.15, -0.1) is 0 Å². The zero-order chi connectivity index (χ0) is 21.0. The second-order valence-electron chi connectivity index (χ2n) is 10.4. The highest BCUT2D eigenvalue weighted by atomic mass is 16.3. The molecule has 0 aromatic carbocycles. The Morgan fingerprint density at radius 3 is 2.62 bits per heavy atom. The first-order chi connectivity index (χ1) is 13.9. The predicted molar refractivity (Wildman–Crippen MR) is 123 cm³/mol. The molecular weight excluding hydrogens is 356 g/mol. The summed E-state index contributed by atoms with van der Waals surface area (Å²) >= 11 is 0. The van der Waals surface area contributed by atoms with Gasteiger partial charge in [0.25, 0.3) is 0 Å². The molecule has 0 aromatic rings. The summed E-state index contributed by atoms with van der Waals surface area (Å²) in [6.07, 6.45) is 18.4. The van der Waals surface area contributed by atoms with Gasteiger partial charge < -0.3 is 10.2 Å². The molecule has 2 heteroatoms. The van der Waals surface area contributed by atoms with Gasteiger partial charge in [0.15, 0.2) is 0 Å². The number of allylic oxidation sites excluding steroid dienone is 3. The first-order valence-corrected chi connectivity index (χ1v) is 12.3. The lowest BCUT2D eigenvalue weighted by molar-refractivity contribution is 0.0655. The number of rotatable bonds is 7. The molecule has 3 aliphatic rings. The van der Waals surface area contributed by atoms with Crippen molar-refractivity contribution in [2.45, 2.75) is 110 Å². The summed E-state index contributed by atoms with van der Waals surface area (Å²) < 4.78 is 0. The molecule has 3 fully saturated rings. The molecule has 2 nitrogen and oxygen atoms in total. The fourth-order valence-electron chi connectivity index (χ4n) is 6.92. The van der Waals surface area contributed by atoms with Gasteiger partial charge in [0.2, 0.25) is 0 Å². The Morgan fingerprint density at radius 2 is 1.93 bits per heavy atom. The van der Waals surface area contributed by atoms with Crippen LogP contribution in [-0.4, -0.2) is 22.4 Å². The maximum atomic E-state index is 10.1. The monoisotopic (exact) mass is 400 g/mol. The molecule has 0 aromatic heterocycles. The average molecular weight is 401 g/mol. The smallest absolute Gasteiger partial charge is 0.0784 e. The molecular formula is C27H44O2. The van der Waals surface area contributed by atoms with E-state index in [0.29, 0.717) is 5.41 Å². The molecule has 2 N–H and O–H groups in total. The van der Waals surface area contributed by atoms with Crippen LogP contribution in [0.25, 0.3) is 0 Å². The van der Waals surface area contributed by atoms with Crippen molar-refractivity contribution in [2.75, 3.05) is 0 Å². The van der Waals surface area contributed by atoms with Gasteiger partial charge in [-0.05, 0) is 99.9 Å². The van der Waals surface area contributed by atoms with Crippen molar-refractivity contribution in [3.8, 4) is 0 Å². The second kappa shape index (κ2) is 9.96. The van der Waals surface area contributed by atoms with Gasteiger partial charge in [0.05, 0.1) is 12.2 Å². The van der Waals surface area contributed by atoms with Gasteiger partial charge in [-0.25, -0.2) is 0 Å². The topological polar surface area (TPSA) is 40.5 Å². The van der Waals surface area contributed by atoms with Crippen molar-refractivity contribution >= 4 is 0 Å². The molecule has 3 rings (SSSR count). The van der Waals surface area contributed by atoms with E-state index in [4.69, 9.17) is 0 Å². The molecule has 0 bridgehead atoms. The van der Waals surface area contributed by atoms with Crippen molar-refractivity contribution in [2.24, 2.45) is 23.2 Å². The van der Waals surface area contributed by atoms with E-state index in [1.54, 1.807) is 5.57 Å². The second-order valence-corrected chi connectivity index (χ2v) is 10.4.